The van der Waals surface area contributed by atoms with Gasteiger partial charge >= 0.3 is 12.1 Å². The summed E-state index contributed by atoms with van der Waals surface area (Å²) >= 11 is 0. The van der Waals surface area contributed by atoms with Crippen LogP contribution in [0.5, 0.6) is 0 Å². The lowest BCUT2D eigenvalue weighted by molar-refractivity contribution is -0.192. The largest absolute Gasteiger partial charge is 0.490 e. The van der Waals surface area contributed by atoms with Crippen molar-refractivity contribution in [2.75, 3.05) is 26.2 Å². The molecule has 0 bridgehead atoms. The minimum Gasteiger partial charge on any atom is -0.475 e. The van der Waals surface area contributed by atoms with E-state index in [1.807, 2.05) is 4.90 Å². The molecule has 10 nitrogen and oxygen atoms in total. The van der Waals surface area contributed by atoms with Gasteiger partial charge in [0.2, 0.25) is 5.91 Å². The van der Waals surface area contributed by atoms with Gasteiger partial charge in [0.15, 0.2) is 5.03 Å². The molecule has 1 saturated carbocycles. The van der Waals surface area contributed by atoms with Crippen LogP contribution in [-0.4, -0.2) is 88.7 Å². The van der Waals surface area contributed by atoms with Crippen molar-refractivity contribution in [3.8, 4) is 0 Å². The number of aliphatic carboxylic acids is 1. The second-order valence-corrected chi connectivity index (χ2v) is 9.29. The van der Waals surface area contributed by atoms with Crippen LogP contribution in [0.15, 0.2) is 17.6 Å². The Balaban J connectivity index is 0.000000318. The highest BCUT2D eigenvalue weighted by Gasteiger charge is 2.48. The minimum atomic E-state index is -5.08. The Morgan fingerprint density at radius 2 is 1.97 bits per heavy atom. The normalized spacial score (nSPS) is 24.9. The van der Waals surface area contributed by atoms with Crippen molar-refractivity contribution in [2.24, 2.45) is 13.0 Å². The number of halogens is 3. The molecule has 14 heteroatoms. The number of rotatable bonds is 4. The van der Waals surface area contributed by atoms with Gasteiger partial charge in [-0.1, -0.05) is 0 Å². The van der Waals surface area contributed by atoms with Crippen molar-refractivity contribution < 1.29 is 41.0 Å². The molecular formula is C16H21F3N4O6S. The van der Waals surface area contributed by atoms with Gasteiger partial charge < -0.3 is 19.3 Å². The Hall–Kier alpha value is -2.19. The third-order valence-electron chi connectivity index (χ3n) is 5.02. The van der Waals surface area contributed by atoms with E-state index in [2.05, 4.69) is 4.98 Å². The predicted molar refractivity (Wildman–Crippen MR) is 93.6 cm³/mol. The number of carboxylic acid groups (broad SMARTS) is 1. The molecule has 2 aliphatic heterocycles. The van der Waals surface area contributed by atoms with Crippen LogP contribution >= 0.6 is 0 Å². The van der Waals surface area contributed by atoms with E-state index in [1.165, 1.54) is 16.8 Å². The SMILES string of the molecule is Cn1cnc(S(=O)(=O)N2C[C@@H]3[C@@H](C2)OCC(=O)N3CC2CC2)c1.O=C(O)C(F)(F)F. The first-order chi connectivity index (χ1) is 13.9. The molecule has 1 aromatic heterocycles. The van der Waals surface area contributed by atoms with Gasteiger partial charge in [0.05, 0.1) is 18.5 Å². The summed E-state index contributed by atoms with van der Waals surface area (Å²) in [7, 11) is -1.92. The third kappa shape index (κ3) is 4.92. The fourth-order valence-corrected chi connectivity index (χ4v) is 4.74. The van der Waals surface area contributed by atoms with Crippen molar-refractivity contribution in [3.05, 3.63) is 12.5 Å². The first kappa shape index (κ1) is 22.5. The summed E-state index contributed by atoms with van der Waals surface area (Å²) in [6.45, 7) is 1.33. The quantitative estimate of drug-likeness (QED) is 0.683. The molecule has 1 aliphatic carbocycles. The number of nitrogens with zero attached hydrogens (tertiary/aromatic N) is 4. The Labute approximate surface area is 170 Å². The Morgan fingerprint density at radius 1 is 1.33 bits per heavy atom. The number of carboxylic acids is 1. The van der Waals surface area contributed by atoms with Gasteiger partial charge in [-0.2, -0.15) is 17.5 Å². The predicted octanol–water partition coefficient (Wildman–Crippen LogP) is 0.0637. The zero-order valence-electron chi connectivity index (χ0n) is 15.9. The van der Waals surface area contributed by atoms with Gasteiger partial charge in [-0.15, -0.1) is 0 Å². The summed E-state index contributed by atoms with van der Waals surface area (Å²) in [4.78, 5) is 26.8. The van der Waals surface area contributed by atoms with Crippen molar-refractivity contribution in [1.82, 2.24) is 18.8 Å². The van der Waals surface area contributed by atoms with Crippen molar-refractivity contribution in [3.63, 3.8) is 0 Å². The molecule has 3 heterocycles. The Bertz CT molecular complexity index is 914. The third-order valence-corrected chi connectivity index (χ3v) is 6.74. The minimum absolute atomic E-state index is 0.0322. The highest BCUT2D eigenvalue weighted by atomic mass is 32.2. The molecule has 0 aromatic carbocycles. The van der Waals surface area contributed by atoms with E-state index >= 15 is 0 Å². The monoisotopic (exact) mass is 454 g/mol. The molecule has 1 aromatic rings. The molecule has 2 saturated heterocycles. The number of imidazole rings is 1. The van der Waals surface area contributed by atoms with E-state index in [1.54, 1.807) is 11.6 Å². The molecule has 0 spiro atoms. The zero-order chi connectivity index (χ0) is 22.3. The molecule has 1 amide bonds. The molecule has 3 aliphatic rings. The fraction of sp³-hybridized carbons (Fsp3) is 0.688. The van der Waals surface area contributed by atoms with Crippen molar-refractivity contribution in [2.45, 2.75) is 36.2 Å². The lowest BCUT2D eigenvalue weighted by atomic mass is 10.1. The van der Waals surface area contributed by atoms with E-state index in [4.69, 9.17) is 14.6 Å². The number of hydrogen-bond acceptors (Lipinski definition) is 6. The average molecular weight is 454 g/mol. The molecule has 4 rings (SSSR count). The summed E-state index contributed by atoms with van der Waals surface area (Å²) < 4.78 is 65.7. The molecule has 3 fully saturated rings. The molecule has 30 heavy (non-hydrogen) atoms. The standard InChI is InChI=1S/C14H20N4O4S.C2HF3O2/c1-16-7-13(15-9-16)23(20,21)17-5-11-12(6-17)22-8-14(19)18(11)4-10-2-3-10;3-2(4,5)1(6)7/h7,9-12H,2-6,8H2,1H3;(H,6,7)/t11-,12-;/m1./s1. The highest BCUT2D eigenvalue weighted by molar-refractivity contribution is 7.89. The number of morpholine rings is 1. The lowest BCUT2D eigenvalue weighted by Gasteiger charge is -2.36. The van der Waals surface area contributed by atoms with Crippen LogP contribution < -0.4 is 0 Å². The van der Waals surface area contributed by atoms with Gasteiger partial charge in [0.25, 0.3) is 10.0 Å². The molecule has 168 valence electrons. The number of carbonyl (C=O) groups excluding carboxylic acids is 1. The van der Waals surface area contributed by atoms with Gasteiger partial charge in [-0.3, -0.25) is 4.79 Å². The number of alkyl halides is 3. The van der Waals surface area contributed by atoms with Crippen molar-refractivity contribution in [1.29, 1.82) is 0 Å². The number of carbonyl (C=O) groups is 2. The fourth-order valence-electron chi connectivity index (χ4n) is 3.30. The van der Waals surface area contributed by atoms with Crippen LogP contribution in [0, 0.1) is 5.92 Å². The van der Waals surface area contributed by atoms with Crippen LogP contribution in [0.25, 0.3) is 0 Å². The maximum absolute atomic E-state index is 12.7. The van der Waals surface area contributed by atoms with Crippen LogP contribution in [0.3, 0.4) is 0 Å². The van der Waals surface area contributed by atoms with Gasteiger partial charge in [-0.05, 0) is 18.8 Å². The van der Waals surface area contributed by atoms with Crippen LogP contribution in [-0.2, 0) is 31.4 Å². The first-order valence-electron chi connectivity index (χ1n) is 9.09. The molecular weight excluding hydrogens is 433 g/mol. The Kier molecular flexibility index (Phi) is 6.11. The van der Waals surface area contributed by atoms with Gasteiger partial charge in [0, 0.05) is 32.9 Å². The van der Waals surface area contributed by atoms with E-state index < -0.39 is 22.2 Å². The van der Waals surface area contributed by atoms with E-state index in [0.29, 0.717) is 5.92 Å². The van der Waals surface area contributed by atoms with Crippen LogP contribution in [0.4, 0.5) is 13.2 Å². The number of aryl methyl sites for hydroxylation is 1. The van der Waals surface area contributed by atoms with Crippen LogP contribution in [0.2, 0.25) is 0 Å². The number of amides is 1. The topological polar surface area (TPSA) is 122 Å². The second-order valence-electron chi connectivity index (χ2n) is 7.41. The first-order valence-corrected chi connectivity index (χ1v) is 10.5. The number of hydrogen-bond donors (Lipinski definition) is 1. The van der Waals surface area contributed by atoms with Crippen LogP contribution in [0.1, 0.15) is 12.8 Å². The van der Waals surface area contributed by atoms with E-state index in [-0.39, 0.29) is 42.8 Å². The molecule has 0 radical (unpaired) electrons. The maximum Gasteiger partial charge on any atom is 0.490 e. The smallest absolute Gasteiger partial charge is 0.475 e. The molecule has 1 N–H and O–H groups in total. The maximum atomic E-state index is 12.7. The van der Waals surface area contributed by atoms with E-state index in [0.717, 1.165) is 19.4 Å². The number of fused-ring (bicyclic) bond motifs is 1. The zero-order valence-corrected chi connectivity index (χ0v) is 16.8. The number of aromatic nitrogens is 2. The Morgan fingerprint density at radius 3 is 2.47 bits per heavy atom. The van der Waals surface area contributed by atoms with Gasteiger partial charge in [0.1, 0.15) is 6.61 Å². The highest BCUT2D eigenvalue weighted by Crippen LogP contribution is 2.34. The number of sulfonamides is 1. The summed E-state index contributed by atoms with van der Waals surface area (Å²) in [6, 6.07) is -0.185. The summed E-state index contributed by atoms with van der Waals surface area (Å²) in [6.07, 6.45) is -0.0682. The van der Waals surface area contributed by atoms with Gasteiger partial charge in [-0.25, -0.2) is 18.2 Å². The summed E-state index contributed by atoms with van der Waals surface area (Å²) in [5.41, 5.74) is 0. The van der Waals surface area contributed by atoms with Crippen molar-refractivity contribution >= 4 is 21.9 Å². The number of ether oxygens (including phenoxy) is 1. The van der Waals surface area contributed by atoms with E-state index in [9.17, 15) is 26.4 Å². The average Bonchev–Trinajstić information content (AvgIpc) is 3.16. The summed E-state index contributed by atoms with van der Waals surface area (Å²) in [5.74, 6) is -2.22. The second kappa shape index (κ2) is 8.15. The molecule has 0 unspecified atom stereocenters. The summed E-state index contributed by atoms with van der Waals surface area (Å²) in [5, 5.41) is 7.17. The lowest BCUT2D eigenvalue weighted by Crippen LogP contribution is -2.54. The molecule has 2 atom stereocenters.